The minimum atomic E-state index is -1.15. The first kappa shape index (κ1) is 16.4. The number of carbonyl (C=O) groups is 3. The van der Waals surface area contributed by atoms with E-state index in [0.717, 1.165) is 0 Å². The van der Waals surface area contributed by atoms with Gasteiger partial charge < -0.3 is 14.6 Å². The molecule has 0 bridgehead atoms. The molecule has 6 heteroatoms. The van der Waals surface area contributed by atoms with Gasteiger partial charge in [0.15, 0.2) is 0 Å². The number of Topliss-reactive ketones (excluding diaryl/α,β-unsaturated/α-hetero) is 1. The number of rotatable bonds is 6. The second-order valence-corrected chi connectivity index (χ2v) is 3.86. The van der Waals surface area contributed by atoms with Gasteiger partial charge in [0.1, 0.15) is 0 Å². The standard InChI is InChI=1S/C15H16O6/c1-3-20-14(18)12(16)11(10-8-6-5-7-9-10)13(17)15(19)21-4-2/h5-9,16H,3-4H2,1-2H3/b12-11-. The molecule has 1 rings (SSSR count). The molecule has 0 aliphatic rings. The van der Waals surface area contributed by atoms with Crippen LogP contribution in [0.2, 0.25) is 0 Å². The van der Waals surface area contributed by atoms with Crippen LogP contribution in [0.25, 0.3) is 5.57 Å². The number of hydrogen-bond acceptors (Lipinski definition) is 6. The average Bonchev–Trinajstić information content (AvgIpc) is 2.48. The molecule has 1 aromatic rings. The van der Waals surface area contributed by atoms with Crippen molar-refractivity contribution in [2.45, 2.75) is 13.8 Å². The Hall–Kier alpha value is -2.63. The summed E-state index contributed by atoms with van der Waals surface area (Å²) >= 11 is 0. The quantitative estimate of drug-likeness (QED) is 0.371. The zero-order valence-corrected chi connectivity index (χ0v) is 11.8. The Balaban J connectivity index is 3.31. The summed E-state index contributed by atoms with van der Waals surface area (Å²) in [7, 11) is 0. The molecule has 21 heavy (non-hydrogen) atoms. The van der Waals surface area contributed by atoms with Crippen molar-refractivity contribution < 1.29 is 29.0 Å². The van der Waals surface area contributed by atoms with Crippen molar-refractivity contribution in [3.05, 3.63) is 41.7 Å². The van der Waals surface area contributed by atoms with Crippen LogP contribution in [-0.2, 0) is 23.9 Å². The summed E-state index contributed by atoms with van der Waals surface area (Å²) in [5.41, 5.74) is -0.214. The van der Waals surface area contributed by atoms with Crippen molar-refractivity contribution in [3.8, 4) is 0 Å². The van der Waals surface area contributed by atoms with Gasteiger partial charge in [0.2, 0.25) is 5.76 Å². The largest absolute Gasteiger partial charge is 0.501 e. The fraction of sp³-hybridized carbons (Fsp3) is 0.267. The highest BCUT2D eigenvalue weighted by Crippen LogP contribution is 2.20. The molecular weight excluding hydrogens is 276 g/mol. The highest BCUT2D eigenvalue weighted by atomic mass is 16.5. The molecule has 0 radical (unpaired) electrons. The van der Waals surface area contributed by atoms with E-state index in [-0.39, 0.29) is 18.8 Å². The van der Waals surface area contributed by atoms with Gasteiger partial charge in [-0.05, 0) is 19.4 Å². The predicted molar refractivity (Wildman–Crippen MR) is 74.3 cm³/mol. The molecule has 0 unspecified atom stereocenters. The van der Waals surface area contributed by atoms with Crippen LogP contribution in [0.1, 0.15) is 19.4 Å². The lowest BCUT2D eigenvalue weighted by Gasteiger charge is -2.09. The van der Waals surface area contributed by atoms with Crippen LogP contribution >= 0.6 is 0 Å². The molecule has 0 fully saturated rings. The Morgan fingerprint density at radius 1 is 0.952 bits per heavy atom. The summed E-state index contributed by atoms with van der Waals surface area (Å²) in [5, 5.41) is 9.93. The van der Waals surface area contributed by atoms with Gasteiger partial charge in [-0.25, -0.2) is 9.59 Å². The molecule has 0 spiro atoms. The van der Waals surface area contributed by atoms with Gasteiger partial charge in [-0.3, -0.25) is 4.79 Å². The van der Waals surface area contributed by atoms with Crippen molar-refractivity contribution in [2.75, 3.05) is 13.2 Å². The van der Waals surface area contributed by atoms with E-state index >= 15 is 0 Å². The van der Waals surface area contributed by atoms with Gasteiger partial charge in [0.25, 0.3) is 5.78 Å². The summed E-state index contributed by atoms with van der Waals surface area (Å²) in [6.07, 6.45) is 0. The molecule has 1 N–H and O–H groups in total. The minimum absolute atomic E-state index is 0.00676. The maximum Gasteiger partial charge on any atom is 0.379 e. The van der Waals surface area contributed by atoms with Gasteiger partial charge in [-0.15, -0.1) is 0 Å². The van der Waals surface area contributed by atoms with Gasteiger partial charge in [0, 0.05) is 0 Å². The Morgan fingerprint density at radius 3 is 2.00 bits per heavy atom. The van der Waals surface area contributed by atoms with Crippen LogP contribution in [0.4, 0.5) is 0 Å². The molecule has 1 aromatic carbocycles. The molecule has 0 amide bonds. The highest BCUT2D eigenvalue weighted by Gasteiger charge is 2.28. The maximum absolute atomic E-state index is 12.1. The number of ether oxygens (including phenoxy) is 2. The molecule has 0 aliphatic carbocycles. The summed E-state index contributed by atoms with van der Waals surface area (Å²) in [6.45, 7) is 3.13. The molecular formula is C15H16O6. The van der Waals surface area contributed by atoms with E-state index in [2.05, 4.69) is 9.47 Å². The zero-order valence-electron chi connectivity index (χ0n) is 11.8. The van der Waals surface area contributed by atoms with Crippen molar-refractivity contribution >= 4 is 23.3 Å². The summed E-state index contributed by atoms with van der Waals surface area (Å²) < 4.78 is 9.25. The molecule has 112 valence electrons. The maximum atomic E-state index is 12.1. The van der Waals surface area contributed by atoms with Crippen LogP contribution in [0.15, 0.2) is 36.1 Å². The molecule has 0 aromatic heterocycles. The number of carbonyl (C=O) groups excluding carboxylic acids is 3. The third-order valence-corrected chi connectivity index (χ3v) is 2.46. The lowest BCUT2D eigenvalue weighted by molar-refractivity contribution is -0.151. The molecule has 0 saturated carbocycles. The predicted octanol–water partition coefficient (Wildman–Crippen LogP) is 1.65. The number of hydrogen-bond donors (Lipinski definition) is 1. The second kappa shape index (κ2) is 7.84. The number of aliphatic hydroxyl groups is 1. The summed E-state index contributed by atoms with van der Waals surface area (Å²) in [4.78, 5) is 35.3. The van der Waals surface area contributed by atoms with Crippen molar-refractivity contribution in [2.24, 2.45) is 0 Å². The number of ketones is 1. The van der Waals surface area contributed by atoms with Crippen molar-refractivity contribution in [3.63, 3.8) is 0 Å². The van der Waals surface area contributed by atoms with E-state index in [4.69, 9.17) is 0 Å². The second-order valence-electron chi connectivity index (χ2n) is 3.86. The molecule has 0 heterocycles. The van der Waals surface area contributed by atoms with Gasteiger partial charge in [-0.2, -0.15) is 0 Å². The number of esters is 2. The first-order chi connectivity index (χ1) is 10.0. The first-order valence-electron chi connectivity index (χ1n) is 6.40. The Labute approximate surface area is 122 Å². The van der Waals surface area contributed by atoms with Crippen LogP contribution < -0.4 is 0 Å². The highest BCUT2D eigenvalue weighted by molar-refractivity contribution is 6.52. The third kappa shape index (κ3) is 4.17. The molecule has 0 saturated heterocycles. The number of aliphatic hydroxyl groups excluding tert-OH is 1. The smallest absolute Gasteiger partial charge is 0.379 e. The van der Waals surface area contributed by atoms with Crippen LogP contribution in [0.5, 0.6) is 0 Å². The fourth-order valence-electron chi connectivity index (χ4n) is 1.58. The van der Waals surface area contributed by atoms with E-state index in [0.29, 0.717) is 0 Å². The fourth-order valence-corrected chi connectivity index (χ4v) is 1.58. The molecule has 6 nitrogen and oxygen atoms in total. The van der Waals surface area contributed by atoms with Crippen LogP contribution in [0.3, 0.4) is 0 Å². The SMILES string of the molecule is CCOC(=O)C(=O)/C(=C(\O)C(=O)OCC)c1ccccc1. The van der Waals surface area contributed by atoms with E-state index < -0.39 is 29.1 Å². The molecule has 0 atom stereocenters. The number of benzene rings is 1. The van der Waals surface area contributed by atoms with E-state index in [9.17, 15) is 19.5 Å². The minimum Gasteiger partial charge on any atom is -0.501 e. The summed E-state index contributed by atoms with van der Waals surface area (Å²) in [6, 6.07) is 7.87. The lowest BCUT2D eigenvalue weighted by Crippen LogP contribution is -2.22. The van der Waals surface area contributed by atoms with E-state index in [1.807, 2.05) is 0 Å². The lowest BCUT2D eigenvalue weighted by atomic mass is 10.00. The monoisotopic (exact) mass is 292 g/mol. The van der Waals surface area contributed by atoms with Crippen LogP contribution in [-0.4, -0.2) is 36.0 Å². The topological polar surface area (TPSA) is 89.9 Å². The first-order valence-corrected chi connectivity index (χ1v) is 6.40. The van der Waals surface area contributed by atoms with Gasteiger partial charge >= 0.3 is 11.9 Å². The normalized spacial score (nSPS) is 11.3. The zero-order chi connectivity index (χ0) is 15.8. The van der Waals surface area contributed by atoms with E-state index in [1.165, 1.54) is 12.1 Å². The Kier molecular flexibility index (Phi) is 6.13. The molecule has 0 aliphatic heterocycles. The summed E-state index contributed by atoms with van der Waals surface area (Å²) in [5.74, 6) is -4.24. The van der Waals surface area contributed by atoms with Gasteiger partial charge in [-0.1, -0.05) is 30.3 Å². The van der Waals surface area contributed by atoms with Crippen LogP contribution in [0, 0.1) is 0 Å². The van der Waals surface area contributed by atoms with Crippen molar-refractivity contribution in [1.29, 1.82) is 0 Å². The third-order valence-electron chi connectivity index (χ3n) is 2.46. The Morgan fingerprint density at radius 2 is 1.48 bits per heavy atom. The Bertz CT molecular complexity index is 559. The average molecular weight is 292 g/mol. The van der Waals surface area contributed by atoms with Crippen molar-refractivity contribution in [1.82, 2.24) is 0 Å². The van der Waals surface area contributed by atoms with Gasteiger partial charge in [0.05, 0.1) is 18.8 Å². The van der Waals surface area contributed by atoms with E-state index in [1.54, 1.807) is 32.0 Å².